The second-order valence-corrected chi connectivity index (χ2v) is 7.23. The van der Waals surface area contributed by atoms with Crippen molar-refractivity contribution in [3.63, 3.8) is 0 Å². The number of hydrogen-bond acceptors (Lipinski definition) is 4. The van der Waals surface area contributed by atoms with Crippen molar-refractivity contribution in [3.05, 3.63) is 36.2 Å². The number of hydrogen-bond donors (Lipinski definition) is 1. The van der Waals surface area contributed by atoms with Gasteiger partial charge in [-0.2, -0.15) is 5.10 Å². The van der Waals surface area contributed by atoms with E-state index in [4.69, 9.17) is 0 Å². The second kappa shape index (κ2) is 6.05. The summed E-state index contributed by atoms with van der Waals surface area (Å²) in [7, 11) is 4.09. The summed E-state index contributed by atoms with van der Waals surface area (Å²) in [5.41, 5.74) is 1.81. The number of nitrogens with zero attached hydrogens (tertiary/aromatic N) is 5. The summed E-state index contributed by atoms with van der Waals surface area (Å²) in [6, 6.07) is 0.0877. The maximum Gasteiger partial charge on any atom is 0.254 e. The third kappa shape index (κ3) is 3.08. The summed E-state index contributed by atoms with van der Waals surface area (Å²) in [5.74, 6) is 0.969. The van der Waals surface area contributed by atoms with Gasteiger partial charge in [0.05, 0.1) is 24.1 Å². The summed E-state index contributed by atoms with van der Waals surface area (Å²) in [4.78, 5) is 19.1. The van der Waals surface area contributed by atoms with Gasteiger partial charge >= 0.3 is 0 Å². The third-order valence-electron chi connectivity index (χ3n) is 5.09. The summed E-state index contributed by atoms with van der Waals surface area (Å²) < 4.78 is 3.93. The van der Waals surface area contributed by atoms with Gasteiger partial charge < -0.3 is 14.8 Å². The summed E-state index contributed by atoms with van der Waals surface area (Å²) in [6.07, 6.45) is 9.82. The molecule has 3 heterocycles. The van der Waals surface area contributed by atoms with Gasteiger partial charge in [0.25, 0.3) is 5.91 Å². The molecular formula is C17H24N6O. The monoisotopic (exact) mass is 328 g/mol. The van der Waals surface area contributed by atoms with E-state index in [1.54, 1.807) is 6.20 Å². The van der Waals surface area contributed by atoms with Crippen LogP contribution in [0.15, 0.2) is 24.9 Å². The number of likely N-dealkylation sites (tertiary alicyclic amines) is 1. The van der Waals surface area contributed by atoms with E-state index in [-0.39, 0.29) is 17.9 Å². The summed E-state index contributed by atoms with van der Waals surface area (Å²) in [5, 5.41) is 7.52. The Bertz CT molecular complexity index is 731. The molecule has 0 aromatic carbocycles. The number of rotatable bonds is 5. The molecule has 24 heavy (non-hydrogen) atoms. The first kappa shape index (κ1) is 15.4. The van der Waals surface area contributed by atoms with Crippen LogP contribution in [0.3, 0.4) is 0 Å². The predicted molar refractivity (Wildman–Crippen MR) is 89.7 cm³/mol. The molecule has 1 saturated heterocycles. The molecule has 2 aliphatic rings. The number of carbonyl (C=O) groups excluding carboxylic acids is 1. The van der Waals surface area contributed by atoms with Crippen LogP contribution in [-0.2, 0) is 13.6 Å². The normalized spacial score (nSPS) is 24.4. The molecule has 1 N–H and O–H groups in total. The van der Waals surface area contributed by atoms with Crippen molar-refractivity contribution >= 4 is 5.91 Å². The van der Waals surface area contributed by atoms with E-state index in [2.05, 4.69) is 27.3 Å². The van der Waals surface area contributed by atoms with Gasteiger partial charge in [0.1, 0.15) is 0 Å². The Hall–Kier alpha value is -2.15. The topological polar surface area (TPSA) is 68.0 Å². The zero-order valence-corrected chi connectivity index (χ0v) is 14.2. The van der Waals surface area contributed by atoms with Gasteiger partial charge in [0.15, 0.2) is 0 Å². The van der Waals surface area contributed by atoms with E-state index in [1.807, 2.05) is 35.0 Å². The summed E-state index contributed by atoms with van der Waals surface area (Å²) >= 11 is 0. The third-order valence-corrected chi connectivity index (χ3v) is 5.09. The molecule has 0 unspecified atom stereocenters. The molecule has 4 rings (SSSR count). The van der Waals surface area contributed by atoms with E-state index in [9.17, 15) is 4.79 Å². The first-order valence-electron chi connectivity index (χ1n) is 8.58. The Balaban J connectivity index is 1.45. The Morgan fingerprint density at radius 3 is 2.83 bits per heavy atom. The molecule has 7 heteroatoms. The number of carbonyl (C=O) groups is 1. The number of amides is 1. The lowest BCUT2D eigenvalue weighted by Crippen LogP contribution is -2.39. The van der Waals surface area contributed by atoms with Gasteiger partial charge in [-0.05, 0) is 25.8 Å². The Kier molecular flexibility index (Phi) is 3.88. The van der Waals surface area contributed by atoms with Crippen molar-refractivity contribution in [1.82, 2.24) is 29.5 Å². The Labute approximate surface area is 141 Å². The minimum Gasteiger partial charge on any atom is -0.347 e. The predicted octanol–water partition coefficient (Wildman–Crippen LogP) is 0.854. The molecule has 1 aliphatic heterocycles. The highest BCUT2D eigenvalue weighted by Gasteiger charge is 2.35. The molecular weight excluding hydrogens is 304 g/mol. The van der Waals surface area contributed by atoms with Gasteiger partial charge in [0, 0.05) is 50.7 Å². The minimum atomic E-state index is -0.0375. The number of aryl methyl sites for hydroxylation is 1. The average molecular weight is 328 g/mol. The second-order valence-electron chi connectivity index (χ2n) is 7.23. The fourth-order valence-electron chi connectivity index (χ4n) is 3.57. The molecule has 0 bridgehead atoms. The largest absolute Gasteiger partial charge is 0.347 e. The highest BCUT2D eigenvalue weighted by molar-refractivity contribution is 5.94. The van der Waals surface area contributed by atoms with E-state index in [1.165, 1.54) is 12.8 Å². The number of aromatic nitrogens is 4. The van der Waals surface area contributed by atoms with Crippen LogP contribution in [0.5, 0.6) is 0 Å². The Morgan fingerprint density at radius 2 is 2.12 bits per heavy atom. The zero-order valence-electron chi connectivity index (χ0n) is 14.2. The van der Waals surface area contributed by atoms with Gasteiger partial charge in [-0.3, -0.25) is 9.48 Å². The molecule has 0 radical (unpaired) electrons. The van der Waals surface area contributed by atoms with Crippen LogP contribution in [0.2, 0.25) is 0 Å². The quantitative estimate of drug-likeness (QED) is 0.884. The molecule has 0 spiro atoms. The lowest BCUT2D eigenvalue weighted by Gasteiger charge is -2.20. The highest BCUT2D eigenvalue weighted by Crippen LogP contribution is 2.30. The van der Waals surface area contributed by atoms with Crippen LogP contribution in [-0.4, -0.2) is 56.3 Å². The van der Waals surface area contributed by atoms with Crippen LogP contribution in [0.25, 0.3) is 0 Å². The first-order chi connectivity index (χ1) is 11.6. The molecule has 2 atom stereocenters. The standard InChI is InChI=1S/C17H24N6O/c1-21-9-14(16-6-18-11-22(16)2)15(10-21)20-17(24)13-5-19-23(8-13)7-12-3-4-12/h5-6,8,11-12,14-15H,3-4,7,9-10H2,1-2H3,(H,20,24)/t14-,15-/m1/s1. The zero-order chi connectivity index (χ0) is 16.7. The van der Waals surface area contributed by atoms with Crippen LogP contribution < -0.4 is 5.32 Å². The van der Waals surface area contributed by atoms with Crippen molar-refractivity contribution in [3.8, 4) is 0 Å². The van der Waals surface area contributed by atoms with E-state index < -0.39 is 0 Å². The molecule has 1 amide bonds. The fraction of sp³-hybridized carbons (Fsp3) is 0.588. The maximum absolute atomic E-state index is 12.6. The lowest BCUT2D eigenvalue weighted by molar-refractivity contribution is 0.0935. The molecule has 2 aromatic rings. The number of likely N-dealkylation sites (N-methyl/N-ethyl adjacent to an activating group) is 1. The van der Waals surface area contributed by atoms with E-state index in [0.29, 0.717) is 5.56 Å². The van der Waals surface area contributed by atoms with Crippen LogP contribution >= 0.6 is 0 Å². The first-order valence-corrected chi connectivity index (χ1v) is 8.58. The van der Waals surface area contributed by atoms with Gasteiger partial charge in [0.2, 0.25) is 0 Å². The van der Waals surface area contributed by atoms with E-state index >= 15 is 0 Å². The van der Waals surface area contributed by atoms with Crippen molar-refractivity contribution in [2.45, 2.75) is 31.3 Å². The SMILES string of the molecule is CN1C[C@@H](NC(=O)c2cnn(CC3CC3)c2)[C@H](c2cncn2C)C1. The highest BCUT2D eigenvalue weighted by atomic mass is 16.1. The molecule has 1 aliphatic carbocycles. The Morgan fingerprint density at radius 1 is 1.29 bits per heavy atom. The smallest absolute Gasteiger partial charge is 0.254 e. The average Bonchev–Trinajstić information content (AvgIpc) is 2.92. The number of imidazole rings is 1. The maximum atomic E-state index is 12.6. The minimum absolute atomic E-state index is 0.0375. The van der Waals surface area contributed by atoms with Crippen molar-refractivity contribution in [1.29, 1.82) is 0 Å². The van der Waals surface area contributed by atoms with Crippen LogP contribution in [0, 0.1) is 5.92 Å². The van der Waals surface area contributed by atoms with Crippen LogP contribution in [0.4, 0.5) is 0 Å². The fourth-order valence-corrected chi connectivity index (χ4v) is 3.57. The molecule has 128 valence electrons. The molecule has 7 nitrogen and oxygen atoms in total. The molecule has 2 aromatic heterocycles. The molecule has 1 saturated carbocycles. The molecule has 2 fully saturated rings. The number of nitrogens with one attached hydrogen (secondary N) is 1. The van der Waals surface area contributed by atoms with Gasteiger partial charge in [-0.15, -0.1) is 0 Å². The summed E-state index contributed by atoms with van der Waals surface area (Å²) in [6.45, 7) is 2.69. The lowest BCUT2D eigenvalue weighted by atomic mass is 10.00. The van der Waals surface area contributed by atoms with Crippen molar-refractivity contribution in [2.75, 3.05) is 20.1 Å². The van der Waals surface area contributed by atoms with Crippen molar-refractivity contribution < 1.29 is 4.79 Å². The van der Waals surface area contributed by atoms with E-state index in [0.717, 1.165) is 31.2 Å². The van der Waals surface area contributed by atoms with Gasteiger partial charge in [-0.1, -0.05) is 0 Å². The van der Waals surface area contributed by atoms with Crippen molar-refractivity contribution in [2.24, 2.45) is 13.0 Å². The van der Waals surface area contributed by atoms with Gasteiger partial charge in [-0.25, -0.2) is 4.98 Å². The van der Waals surface area contributed by atoms with Crippen LogP contribution in [0.1, 0.15) is 34.8 Å².